The third-order valence-electron chi connectivity index (χ3n) is 7.90. The van der Waals surface area contributed by atoms with E-state index in [2.05, 4.69) is 21.7 Å². The second-order valence-corrected chi connectivity index (χ2v) is 9.64. The molecule has 4 saturated carbocycles. The van der Waals surface area contributed by atoms with Crippen LogP contribution < -0.4 is 11.2 Å². The first kappa shape index (κ1) is 18.2. The van der Waals surface area contributed by atoms with Crippen LogP contribution in [0.4, 0.5) is 0 Å². The number of hydrogen-bond acceptors (Lipinski definition) is 3. The molecular formula is C24H28N4O2. The molecule has 5 atom stereocenters. The zero-order chi connectivity index (χ0) is 20.4. The summed E-state index contributed by atoms with van der Waals surface area (Å²) < 4.78 is 3.47. The van der Waals surface area contributed by atoms with Gasteiger partial charge in [-0.05, 0) is 61.3 Å². The molecule has 6 nitrogen and oxygen atoms in total. The molecule has 2 aromatic heterocycles. The lowest BCUT2D eigenvalue weighted by Crippen LogP contribution is -2.35. The van der Waals surface area contributed by atoms with E-state index in [0.717, 1.165) is 29.6 Å². The van der Waals surface area contributed by atoms with Gasteiger partial charge < -0.3 is 4.57 Å². The van der Waals surface area contributed by atoms with Gasteiger partial charge in [0.05, 0.1) is 0 Å². The van der Waals surface area contributed by atoms with Gasteiger partial charge in [-0.3, -0.25) is 14.3 Å². The molecule has 0 spiro atoms. The van der Waals surface area contributed by atoms with Gasteiger partial charge in [-0.1, -0.05) is 37.3 Å². The molecule has 1 aromatic carbocycles. The third kappa shape index (κ3) is 2.58. The van der Waals surface area contributed by atoms with Gasteiger partial charge in [-0.15, -0.1) is 0 Å². The average molecular weight is 405 g/mol. The zero-order valence-electron chi connectivity index (χ0n) is 17.4. The molecule has 5 unspecified atom stereocenters. The Morgan fingerprint density at radius 3 is 2.60 bits per heavy atom. The largest absolute Gasteiger partial charge is 0.330 e. The van der Waals surface area contributed by atoms with Crippen LogP contribution >= 0.6 is 0 Å². The Bertz CT molecular complexity index is 1220. The molecule has 7 rings (SSSR count). The van der Waals surface area contributed by atoms with Crippen molar-refractivity contribution in [1.29, 1.82) is 0 Å². The van der Waals surface area contributed by atoms with E-state index in [9.17, 15) is 9.59 Å². The van der Waals surface area contributed by atoms with Crippen LogP contribution in [0.25, 0.3) is 11.2 Å². The standard InChI is InChI=1S/C24H28N4O2/c1-2-8-27-23(29)20-21(26-24(27)30)25-22(28(20)13-14-6-4-3-5-7-14)19-17-10-15-9-16(12-17)18(19)11-15/h3-7,15-19H,2,8-13H2,1H3,(H,26,30). The molecule has 1 N–H and O–H groups in total. The molecule has 3 aromatic rings. The second-order valence-electron chi connectivity index (χ2n) is 9.64. The average Bonchev–Trinajstić information content (AvgIpc) is 3.31. The SMILES string of the molecule is CCCn1c(=O)[nH]c2nc(C3C4CC5CC(C4)C3C5)n(Cc3ccccc3)c2c1=O. The predicted molar refractivity (Wildman–Crippen MR) is 116 cm³/mol. The van der Waals surface area contributed by atoms with E-state index in [1.165, 1.54) is 30.3 Å². The molecule has 0 saturated heterocycles. The number of H-pyrrole nitrogens is 1. The first-order valence-corrected chi connectivity index (χ1v) is 11.4. The first-order valence-electron chi connectivity index (χ1n) is 11.4. The van der Waals surface area contributed by atoms with E-state index >= 15 is 0 Å². The number of hydrogen-bond donors (Lipinski definition) is 1. The summed E-state index contributed by atoms with van der Waals surface area (Å²) in [7, 11) is 0. The summed E-state index contributed by atoms with van der Waals surface area (Å²) in [4.78, 5) is 33.8. The highest BCUT2D eigenvalue weighted by Gasteiger charge is 2.55. The van der Waals surface area contributed by atoms with Crippen LogP contribution in [0.2, 0.25) is 0 Å². The van der Waals surface area contributed by atoms with E-state index in [-0.39, 0.29) is 11.2 Å². The second kappa shape index (κ2) is 6.69. The van der Waals surface area contributed by atoms with Crippen molar-refractivity contribution in [3.63, 3.8) is 0 Å². The molecule has 2 heterocycles. The fourth-order valence-corrected chi connectivity index (χ4v) is 6.91. The van der Waals surface area contributed by atoms with Gasteiger partial charge in [-0.2, -0.15) is 0 Å². The minimum Gasteiger partial charge on any atom is -0.317 e. The molecule has 0 amide bonds. The lowest BCUT2D eigenvalue weighted by Gasteiger charge is -2.32. The number of rotatable bonds is 5. The van der Waals surface area contributed by atoms with E-state index < -0.39 is 0 Å². The smallest absolute Gasteiger partial charge is 0.317 e. The third-order valence-corrected chi connectivity index (χ3v) is 7.90. The summed E-state index contributed by atoms with van der Waals surface area (Å²) in [6, 6.07) is 10.3. The topological polar surface area (TPSA) is 72.7 Å². The monoisotopic (exact) mass is 404 g/mol. The highest BCUT2D eigenvalue weighted by molar-refractivity contribution is 5.70. The van der Waals surface area contributed by atoms with E-state index in [1.54, 1.807) is 0 Å². The summed E-state index contributed by atoms with van der Waals surface area (Å²) in [5, 5.41) is 0. The molecular weight excluding hydrogens is 376 g/mol. The maximum absolute atomic E-state index is 13.4. The first-order chi connectivity index (χ1) is 14.6. The Balaban J connectivity index is 1.57. The van der Waals surface area contributed by atoms with Crippen LogP contribution in [0.15, 0.2) is 39.9 Å². The van der Waals surface area contributed by atoms with E-state index in [1.807, 2.05) is 25.1 Å². The fourth-order valence-electron chi connectivity index (χ4n) is 6.91. The Kier molecular flexibility index (Phi) is 4.05. The maximum Gasteiger partial charge on any atom is 0.330 e. The van der Waals surface area contributed by atoms with Crippen molar-refractivity contribution in [2.45, 2.75) is 58.0 Å². The summed E-state index contributed by atoms with van der Waals surface area (Å²) >= 11 is 0. The van der Waals surface area contributed by atoms with Crippen molar-refractivity contribution in [2.75, 3.05) is 0 Å². The Morgan fingerprint density at radius 1 is 1.03 bits per heavy atom. The normalized spacial score (nSPS) is 29.3. The van der Waals surface area contributed by atoms with Crippen LogP contribution in [-0.4, -0.2) is 19.1 Å². The number of nitrogens with one attached hydrogen (secondary N) is 1. The highest BCUT2D eigenvalue weighted by atomic mass is 16.2. The number of imidazole rings is 1. The number of aromatic nitrogens is 4. The molecule has 4 aliphatic carbocycles. The maximum atomic E-state index is 13.4. The quantitative estimate of drug-likeness (QED) is 0.707. The minimum absolute atomic E-state index is 0.210. The Hall–Kier alpha value is -2.63. The molecule has 4 fully saturated rings. The Labute approximate surface area is 175 Å². The molecule has 6 heteroatoms. The van der Waals surface area contributed by atoms with Crippen molar-refractivity contribution in [2.24, 2.45) is 23.7 Å². The number of nitrogens with zero attached hydrogens (tertiary/aromatic N) is 3. The van der Waals surface area contributed by atoms with Crippen LogP contribution in [0.1, 0.15) is 56.3 Å². The fraction of sp³-hybridized carbons (Fsp3) is 0.542. The van der Waals surface area contributed by atoms with Crippen molar-refractivity contribution >= 4 is 11.2 Å². The summed E-state index contributed by atoms with van der Waals surface area (Å²) in [6.07, 6.45) is 6.01. The summed E-state index contributed by atoms with van der Waals surface area (Å²) in [6.45, 7) is 3.02. The van der Waals surface area contributed by atoms with Crippen LogP contribution in [0.3, 0.4) is 0 Å². The Morgan fingerprint density at radius 2 is 1.83 bits per heavy atom. The molecule has 0 radical (unpaired) electrons. The highest BCUT2D eigenvalue weighted by Crippen LogP contribution is 2.64. The summed E-state index contributed by atoms with van der Waals surface area (Å²) in [5.74, 6) is 4.50. The number of aromatic amines is 1. The summed E-state index contributed by atoms with van der Waals surface area (Å²) in [5.41, 5.74) is 1.61. The van der Waals surface area contributed by atoms with E-state index in [0.29, 0.717) is 42.0 Å². The molecule has 30 heavy (non-hydrogen) atoms. The van der Waals surface area contributed by atoms with Gasteiger partial charge >= 0.3 is 5.69 Å². The van der Waals surface area contributed by atoms with E-state index in [4.69, 9.17) is 4.98 Å². The van der Waals surface area contributed by atoms with Gasteiger partial charge in [0.1, 0.15) is 5.82 Å². The van der Waals surface area contributed by atoms with Crippen LogP contribution in [-0.2, 0) is 13.1 Å². The van der Waals surface area contributed by atoms with Crippen molar-refractivity contribution < 1.29 is 0 Å². The molecule has 0 aliphatic heterocycles. The van der Waals surface area contributed by atoms with Gasteiger partial charge in [0.2, 0.25) is 0 Å². The van der Waals surface area contributed by atoms with Gasteiger partial charge in [0, 0.05) is 19.0 Å². The van der Waals surface area contributed by atoms with Crippen molar-refractivity contribution in [1.82, 2.24) is 19.1 Å². The van der Waals surface area contributed by atoms with Crippen LogP contribution in [0.5, 0.6) is 0 Å². The van der Waals surface area contributed by atoms with Gasteiger partial charge in [0.15, 0.2) is 11.2 Å². The number of benzene rings is 1. The minimum atomic E-state index is -0.348. The van der Waals surface area contributed by atoms with Crippen LogP contribution in [0, 0.1) is 23.7 Å². The lowest BCUT2D eigenvalue weighted by atomic mass is 9.75. The predicted octanol–water partition coefficient (Wildman–Crippen LogP) is 3.49. The van der Waals surface area contributed by atoms with Crippen molar-refractivity contribution in [3.05, 3.63) is 62.6 Å². The van der Waals surface area contributed by atoms with Crippen molar-refractivity contribution in [3.8, 4) is 0 Å². The number of fused-ring (bicyclic) bond motifs is 1. The lowest BCUT2D eigenvalue weighted by molar-refractivity contribution is 0.240. The zero-order valence-corrected chi connectivity index (χ0v) is 17.4. The molecule has 156 valence electrons. The molecule has 4 bridgehead atoms. The molecule has 4 aliphatic rings. The van der Waals surface area contributed by atoms with Gasteiger partial charge in [-0.25, -0.2) is 9.78 Å². The van der Waals surface area contributed by atoms with Gasteiger partial charge in [0.25, 0.3) is 5.56 Å².